The van der Waals surface area contributed by atoms with E-state index in [-0.39, 0.29) is 25.7 Å². The second kappa shape index (κ2) is 14.7. The molecule has 4 heterocycles. The number of fused-ring (bicyclic) bond motifs is 2. The van der Waals surface area contributed by atoms with Gasteiger partial charge in [-0.25, -0.2) is 14.8 Å². The Balaban J connectivity index is 1.24. The normalized spacial score (nSPS) is 13.8. The number of benzene rings is 2. The van der Waals surface area contributed by atoms with Gasteiger partial charge in [0.25, 0.3) is 0 Å². The van der Waals surface area contributed by atoms with E-state index in [9.17, 15) is 24.3 Å². The molecule has 15 nitrogen and oxygen atoms in total. The molecule has 0 saturated heterocycles. The zero-order valence-electron chi connectivity index (χ0n) is 26.3. The molecule has 4 unspecified atom stereocenters. The first-order valence-corrected chi connectivity index (χ1v) is 15.7. The van der Waals surface area contributed by atoms with Crippen molar-refractivity contribution in [1.29, 1.82) is 0 Å². The summed E-state index contributed by atoms with van der Waals surface area (Å²) in [4.78, 5) is 73.6. The number of nitrogens with zero attached hydrogens (tertiary/aromatic N) is 2. The molecule has 0 spiro atoms. The maximum atomic E-state index is 14.0. The van der Waals surface area contributed by atoms with Crippen LogP contribution in [-0.4, -0.2) is 82.9 Å². The van der Waals surface area contributed by atoms with Gasteiger partial charge in [0.15, 0.2) is 0 Å². The number of aliphatic carboxylic acids is 1. The van der Waals surface area contributed by atoms with E-state index in [4.69, 9.17) is 5.73 Å². The lowest BCUT2D eigenvalue weighted by atomic mass is 10.0. The molecule has 0 fully saturated rings. The number of rotatable bonds is 15. The van der Waals surface area contributed by atoms with E-state index in [1.165, 1.54) is 18.9 Å². The van der Waals surface area contributed by atoms with Gasteiger partial charge in [0.05, 0.1) is 18.7 Å². The van der Waals surface area contributed by atoms with Gasteiger partial charge >= 0.3 is 5.97 Å². The SMILES string of the molecule is NC(Cc1cnc[nH]1)C(=O)NC(Cc1cnc[nH]1)C(=O)NC(Cc1c[nH]c2ccccc12)C(=O)NC(Cc1c[nH]c2ccccc12)C(=O)O. The van der Waals surface area contributed by atoms with Crippen molar-refractivity contribution in [2.45, 2.75) is 49.9 Å². The average Bonchev–Trinajstić information content (AvgIpc) is 3.93. The van der Waals surface area contributed by atoms with Gasteiger partial charge in [-0.15, -0.1) is 0 Å². The Labute approximate surface area is 279 Å². The number of aromatic nitrogens is 6. The molecule has 15 heteroatoms. The van der Waals surface area contributed by atoms with Gasteiger partial charge in [-0.3, -0.25) is 14.4 Å². The Kier molecular flexibility index (Phi) is 9.80. The number of aromatic amines is 4. The number of carbonyl (C=O) groups is 4. The number of carboxylic acids is 1. The topological polar surface area (TPSA) is 240 Å². The number of nitrogens with two attached hydrogens (primary N) is 1. The summed E-state index contributed by atoms with van der Waals surface area (Å²) in [5.74, 6) is -3.18. The molecule has 0 aliphatic rings. The largest absolute Gasteiger partial charge is 0.480 e. The van der Waals surface area contributed by atoms with E-state index in [0.29, 0.717) is 17.0 Å². The first kappa shape index (κ1) is 32.7. The quantitative estimate of drug-likeness (QED) is 0.0772. The van der Waals surface area contributed by atoms with Crippen LogP contribution in [0.25, 0.3) is 21.8 Å². The number of hydrogen-bond donors (Lipinski definition) is 9. The minimum atomic E-state index is -1.30. The lowest BCUT2D eigenvalue weighted by Gasteiger charge is -2.25. The van der Waals surface area contributed by atoms with Crippen LogP contribution in [0.4, 0.5) is 0 Å². The molecular formula is C34H36N10O5. The van der Waals surface area contributed by atoms with Gasteiger partial charge in [-0.2, -0.15) is 0 Å². The lowest BCUT2D eigenvalue weighted by molar-refractivity contribution is -0.142. The van der Waals surface area contributed by atoms with Crippen LogP contribution in [0.3, 0.4) is 0 Å². The molecule has 6 rings (SSSR count). The molecule has 49 heavy (non-hydrogen) atoms. The van der Waals surface area contributed by atoms with E-state index in [2.05, 4.69) is 45.9 Å². The summed E-state index contributed by atoms with van der Waals surface area (Å²) in [6.45, 7) is 0. The fraction of sp³-hybridized carbons (Fsp3) is 0.235. The van der Waals surface area contributed by atoms with Crippen LogP contribution in [0.2, 0.25) is 0 Å². The van der Waals surface area contributed by atoms with Crippen LogP contribution in [0.1, 0.15) is 22.5 Å². The summed E-state index contributed by atoms with van der Waals surface area (Å²) in [5.41, 5.74) is 10.5. The Bertz CT molecular complexity index is 2050. The van der Waals surface area contributed by atoms with Crippen LogP contribution >= 0.6 is 0 Å². The van der Waals surface area contributed by atoms with E-state index in [1.807, 2.05) is 48.5 Å². The predicted octanol–water partition coefficient (Wildman–Crippen LogP) is 1.23. The smallest absolute Gasteiger partial charge is 0.326 e. The third-order valence-corrected chi connectivity index (χ3v) is 8.39. The van der Waals surface area contributed by atoms with Crippen molar-refractivity contribution in [3.05, 3.63) is 108 Å². The molecule has 2 aromatic carbocycles. The van der Waals surface area contributed by atoms with Crippen molar-refractivity contribution < 1.29 is 24.3 Å². The van der Waals surface area contributed by atoms with Gasteiger partial charge in [0.2, 0.25) is 17.7 Å². The van der Waals surface area contributed by atoms with Crippen LogP contribution < -0.4 is 21.7 Å². The molecule has 0 aliphatic heterocycles. The van der Waals surface area contributed by atoms with Crippen LogP contribution in [0.15, 0.2) is 86.0 Å². The van der Waals surface area contributed by atoms with Crippen LogP contribution in [0.5, 0.6) is 0 Å². The Morgan fingerprint density at radius 3 is 1.63 bits per heavy atom. The molecule has 252 valence electrons. The number of H-pyrrole nitrogens is 4. The maximum absolute atomic E-state index is 14.0. The number of nitrogens with one attached hydrogen (secondary N) is 7. The van der Waals surface area contributed by atoms with Gasteiger partial charge in [-0.1, -0.05) is 36.4 Å². The third-order valence-electron chi connectivity index (χ3n) is 8.39. The summed E-state index contributed by atoms with van der Waals surface area (Å²) < 4.78 is 0. The molecular weight excluding hydrogens is 628 g/mol. The van der Waals surface area contributed by atoms with Gasteiger partial charge in [0.1, 0.15) is 18.1 Å². The van der Waals surface area contributed by atoms with Crippen molar-refractivity contribution in [2.24, 2.45) is 5.73 Å². The number of carbonyl (C=O) groups excluding carboxylic acids is 3. The number of para-hydroxylation sites is 2. The van der Waals surface area contributed by atoms with Gasteiger partial charge in [0, 0.05) is 83.7 Å². The number of carboxylic acid groups (broad SMARTS) is 1. The molecule has 6 aromatic rings. The first-order valence-electron chi connectivity index (χ1n) is 15.7. The molecule has 4 aromatic heterocycles. The minimum Gasteiger partial charge on any atom is -0.480 e. The second-order valence-electron chi connectivity index (χ2n) is 11.8. The second-order valence-corrected chi connectivity index (χ2v) is 11.8. The summed E-state index contributed by atoms with van der Waals surface area (Å²) in [6, 6.07) is 10.3. The zero-order chi connectivity index (χ0) is 34.3. The standard InChI is InChI=1S/C34H36N10O5/c35-25(11-21-15-36-17-40-21)31(45)42-29(12-22-16-37-18-41-22)33(47)43-28(9-19-13-38-26-7-3-1-5-23(19)26)32(46)44-30(34(48)49)10-20-14-39-27-8-4-2-6-24(20)27/h1-8,13-18,25,28-30,38-39H,9-12,35H2,(H,36,40)(H,37,41)(H,42,45)(H,43,47)(H,44,46)(H,48,49). The molecule has 4 atom stereocenters. The predicted molar refractivity (Wildman–Crippen MR) is 180 cm³/mol. The highest BCUT2D eigenvalue weighted by Gasteiger charge is 2.32. The number of imidazole rings is 2. The third kappa shape index (κ3) is 7.85. The fourth-order valence-electron chi connectivity index (χ4n) is 5.83. The monoisotopic (exact) mass is 664 g/mol. The first-order chi connectivity index (χ1) is 23.7. The lowest BCUT2D eigenvalue weighted by Crippen LogP contribution is -2.58. The van der Waals surface area contributed by atoms with Crippen molar-refractivity contribution in [1.82, 2.24) is 45.9 Å². The zero-order valence-corrected chi connectivity index (χ0v) is 26.3. The number of hydrogen-bond acceptors (Lipinski definition) is 7. The summed E-state index contributed by atoms with van der Waals surface area (Å²) in [6.07, 6.45) is 9.68. The minimum absolute atomic E-state index is 0.00552. The van der Waals surface area contributed by atoms with E-state index < -0.39 is 47.9 Å². The van der Waals surface area contributed by atoms with Crippen molar-refractivity contribution in [3.63, 3.8) is 0 Å². The highest BCUT2D eigenvalue weighted by molar-refractivity contribution is 5.95. The van der Waals surface area contributed by atoms with Gasteiger partial charge in [-0.05, 0) is 23.3 Å². The molecule has 0 aliphatic carbocycles. The number of amides is 3. The van der Waals surface area contributed by atoms with Crippen molar-refractivity contribution in [3.8, 4) is 0 Å². The van der Waals surface area contributed by atoms with Crippen LogP contribution in [0, 0.1) is 0 Å². The molecule has 0 radical (unpaired) electrons. The van der Waals surface area contributed by atoms with Crippen molar-refractivity contribution in [2.75, 3.05) is 0 Å². The van der Waals surface area contributed by atoms with Gasteiger partial charge < -0.3 is 46.7 Å². The fourth-order valence-corrected chi connectivity index (χ4v) is 5.83. The highest BCUT2D eigenvalue weighted by Crippen LogP contribution is 2.21. The maximum Gasteiger partial charge on any atom is 0.326 e. The Morgan fingerprint density at radius 2 is 1.10 bits per heavy atom. The highest BCUT2D eigenvalue weighted by atomic mass is 16.4. The molecule has 0 saturated carbocycles. The molecule has 0 bridgehead atoms. The van der Waals surface area contributed by atoms with E-state index in [1.54, 1.807) is 18.6 Å². The van der Waals surface area contributed by atoms with E-state index >= 15 is 0 Å². The Morgan fingerprint density at radius 1 is 0.633 bits per heavy atom. The van der Waals surface area contributed by atoms with Crippen LogP contribution in [-0.2, 0) is 44.9 Å². The van der Waals surface area contributed by atoms with E-state index in [0.717, 1.165) is 27.4 Å². The summed E-state index contributed by atoms with van der Waals surface area (Å²) >= 11 is 0. The average molecular weight is 665 g/mol. The summed E-state index contributed by atoms with van der Waals surface area (Å²) in [7, 11) is 0. The summed E-state index contributed by atoms with van der Waals surface area (Å²) in [5, 5.41) is 20.0. The van der Waals surface area contributed by atoms with Crippen molar-refractivity contribution >= 4 is 45.5 Å². The Hall–Kier alpha value is -6.22. The molecule has 3 amide bonds. The molecule has 10 N–H and O–H groups in total.